The molecule has 0 aliphatic carbocycles. The number of rotatable bonds is 13. The van der Waals surface area contributed by atoms with Crippen LogP contribution < -0.4 is 21.7 Å². The monoisotopic (exact) mass is 498 g/mol. The van der Waals surface area contributed by atoms with Crippen molar-refractivity contribution in [3.8, 4) is 5.75 Å². The molecule has 0 heterocycles. The SMILES string of the molecule is CC(O)C(NC(=O)C(CC(=O)O)NC(=O)C(NC(=O)C(N)Cc1ccc(O)cc1)C(C)O)C(=O)O. The number of carbonyl (C=O) groups excluding carboxylic acids is 3. The summed E-state index contributed by atoms with van der Waals surface area (Å²) in [5.41, 5.74) is 6.46. The van der Waals surface area contributed by atoms with Gasteiger partial charge >= 0.3 is 11.9 Å². The number of amides is 3. The van der Waals surface area contributed by atoms with Gasteiger partial charge in [0.15, 0.2) is 6.04 Å². The summed E-state index contributed by atoms with van der Waals surface area (Å²) >= 11 is 0. The lowest BCUT2D eigenvalue weighted by molar-refractivity contribution is -0.146. The molecule has 1 aromatic carbocycles. The average molecular weight is 498 g/mol. The number of benzene rings is 1. The molecule has 6 atom stereocenters. The van der Waals surface area contributed by atoms with Gasteiger partial charge in [0.25, 0.3) is 0 Å². The second-order valence-corrected chi connectivity index (χ2v) is 7.93. The Kier molecular flexibility index (Phi) is 11.1. The molecule has 0 radical (unpaired) electrons. The lowest BCUT2D eigenvalue weighted by Gasteiger charge is -2.26. The van der Waals surface area contributed by atoms with Gasteiger partial charge in [0.2, 0.25) is 17.7 Å². The summed E-state index contributed by atoms with van der Waals surface area (Å²) in [7, 11) is 0. The van der Waals surface area contributed by atoms with E-state index < -0.39 is 72.5 Å². The zero-order chi connectivity index (χ0) is 26.9. The first-order chi connectivity index (χ1) is 16.2. The van der Waals surface area contributed by atoms with Crippen molar-refractivity contribution in [2.24, 2.45) is 5.73 Å². The van der Waals surface area contributed by atoms with Crippen LogP contribution in [0.3, 0.4) is 0 Å². The van der Waals surface area contributed by atoms with Crippen LogP contribution >= 0.6 is 0 Å². The summed E-state index contributed by atoms with van der Waals surface area (Å²) in [6.07, 6.45) is -3.94. The fraction of sp³-hybridized carbons (Fsp3) is 0.476. The first-order valence-electron chi connectivity index (χ1n) is 10.5. The van der Waals surface area contributed by atoms with Crippen LogP contribution in [0.5, 0.6) is 5.75 Å². The standard InChI is InChI=1S/C21H30N4O10/c1-9(26)16(24-18(31)13(22)7-11-3-5-12(28)6-4-11)20(33)23-14(8-15(29)30)19(32)25-17(10(2)27)21(34)35/h3-6,9-10,13-14,16-17,26-28H,7-8,22H2,1-2H3,(H,23,33)(H,24,31)(H,25,32)(H,29,30)(H,34,35). The largest absolute Gasteiger partial charge is 0.508 e. The number of carboxylic acid groups (broad SMARTS) is 2. The number of hydrogen-bond acceptors (Lipinski definition) is 9. The number of phenolic OH excluding ortho intramolecular Hbond substituents is 1. The van der Waals surface area contributed by atoms with Crippen LogP contribution in [0.2, 0.25) is 0 Å². The highest BCUT2D eigenvalue weighted by atomic mass is 16.4. The first-order valence-corrected chi connectivity index (χ1v) is 10.5. The molecular formula is C21H30N4O10. The van der Waals surface area contributed by atoms with Gasteiger partial charge in [0.05, 0.1) is 24.7 Å². The van der Waals surface area contributed by atoms with Gasteiger partial charge in [-0.15, -0.1) is 0 Å². The van der Waals surface area contributed by atoms with Crippen molar-refractivity contribution in [1.29, 1.82) is 0 Å². The maximum absolute atomic E-state index is 12.7. The maximum Gasteiger partial charge on any atom is 0.328 e. The summed E-state index contributed by atoms with van der Waals surface area (Å²) in [5, 5.41) is 53.2. The molecule has 0 bridgehead atoms. The number of aromatic hydroxyl groups is 1. The molecule has 35 heavy (non-hydrogen) atoms. The van der Waals surface area contributed by atoms with E-state index in [4.69, 9.17) is 15.9 Å². The Hall–Kier alpha value is -3.75. The summed E-state index contributed by atoms with van der Waals surface area (Å²) in [6.45, 7) is 2.25. The van der Waals surface area contributed by atoms with Crippen LogP contribution in [0, 0.1) is 0 Å². The van der Waals surface area contributed by atoms with Crippen LogP contribution in [-0.4, -0.2) is 91.6 Å². The van der Waals surface area contributed by atoms with Crippen LogP contribution in [0.15, 0.2) is 24.3 Å². The molecule has 0 fully saturated rings. The Labute approximate surface area is 200 Å². The normalized spacial score (nSPS) is 16.0. The molecule has 1 aromatic rings. The number of aliphatic carboxylic acids is 2. The van der Waals surface area contributed by atoms with Crippen LogP contribution in [-0.2, 0) is 30.4 Å². The average Bonchev–Trinajstić information content (AvgIpc) is 2.75. The Balaban J connectivity index is 2.93. The van der Waals surface area contributed by atoms with Gasteiger partial charge in [-0.2, -0.15) is 0 Å². The molecule has 0 aliphatic heterocycles. The Morgan fingerprint density at radius 1 is 0.829 bits per heavy atom. The number of hydrogen-bond donors (Lipinski definition) is 9. The van der Waals surface area contributed by atoms with Crippen LogP contribution in [0.1, 0.15) is 25.8 Å². The summed E-state index contributed by atoms with van der Waals surface area (Å²) in [4.78, 5) is 60.0. The Morgan fingerprint density at radius 2 is 1.34 bits per heavy atom. The lowest BCUT2D eigenvalue weighted by Crippen LogP contribution is -2.60. The van der Waals surface area contributed by atoms with Gasteiger partial charge < -0.3 is 47.2 Å². The number of carboxylic acids is 2. The predicted molar refractivity (Wildman–Crippen MR) is 119 cm³/mol. The molecule has 14 heteroatoms. The number of aliphatic hydroxyl groups is 2. The first kappa shape index (κ1) is 29.3. The molecule has 0 aliphatic rings. The maximum atomic E-state index is 12.7. The third-order valence-electron chi connectivity index (χ3n) is 4.85. The highest BCUT2D eigenvalue weighted by Gasteiger charge is 2.34. The van der Waals surface area contributed by atoms with Gasteiger partial charge in [-0.3, -0.25) is 19.2 Å². The molecule has 6 unspecified atom stereocenters. The van der Waals surface area contributed by atoms with E-state index in [-0.39, 0.29) is 12.2 Å². The number of nitrogens with one attached hydrogen (secondary N) is 3. The molecule has 1 rings (SSSR count). The molecule has 14 nitrogen and oxygen atoms in total. The number of aliphatic hydroxyl groups excluding tert-OH is 2. The van der Waals surface area contributed by atoms with Crippen molar-refractivity contribution in [3.63, 3.8) is 0 Å². The minimum absolute atomic E-state index is 0.0145. The summed E-state index contributed by atoms with van der Waals surface area (Å²) in [5.74, 6) is -6.27. The van der Waals surface area contributed by atoms with Crippen molar-refractivity contribution < 1.29 is 49.5 Å². The Bertz CT molecular complexity index is 919. The van der Waals surface area contributed by atoms with E-state index in [1.54, 1.807) is 0 Å². The molecule has 10 N–H and O–H groups in total. The van der Waals surface area contributed by atoms with Crippen LogP contribution in [0.25, 0.3) is 0 Å². The highest BCUT2D eigenvalue weighted by molar-refractivity contribution is 5.96. The van der Waals surface area contributed by atoms with Crippen molar-refractivity contribution in [3.05, 3.63) is 29.8 Å². The molecule has 3 amide bonds. The summed E-state index contributed by atoms with van der Waals surface area (Å²) < 4.78 is 0. The second kappa shape index (κ2) is 13.2. The Morgan fingerprint density at radius 3 is 1.80 bits per heavy atom. The smallest absolute Gasteiger partial charge is 0.328 e. The number of carbonyl (C=O) groups is 5. The van der Waals surface area contributed by atoms with Gasteiger partial charge in [-0.05, 0) is 38.0 Å². The van der Waals surface area contributed by atoms with Crippen molar-refractivity contribution in [2.45, 2.75) is 63.1 Å². The number of phenols is 1. The molecule has 0 spiro atoms. The van der Waals surface area contributed by atoms with E-state index in [2.05, 4.69) is 10.6 Å². The molecule has 194 valence electrons. The molecule has 0 aromatic heterocycles. The van der Waals surface area contributed by atoms with E-state index in [1.807, 2.05) is 5.32 Å². The fourth-order valence-electron chi connectivity index (χ4n) is 2.93. The fourth-order valence-corrected chi connectivity index (χ4v) is 2.93. The van der Waals surface area contributed by atoms with E-state index in [9.17, 15) is 39.3 Å². The highest BCUT2D eigenvalue weighted by Crippen LogP contribution is 2.11. The zero-order valence-electron chi connectivity index (χ0n) is 19.0. The van der Waals surface area contributed by atoms with Crippen molar-refractivity contribution >= 4 is 29.7 Å². The second-order valence-electron chi connectivity index (χ2n) is 7.93. The van der Waals surface area contributed by atoms with E-state index in [1.165, 1.54) is 24.3 Å². The van der Waals surface area contributed by atoms with Crippen LogP contribution in [0.4, 0.5) is 0 Å². The van der Waals surface area contributed by atoms with E-state index in [0.29, 0.717) is 5.56 Å². The van der Waals surface area contributed by atoms with Crippen molar-refractivity contribution in [2.75, 3.05) is 0 Å². The quantitative estimate of drug-likeness (QED) is 0.133. The van der Waals surface area contributed by atoms with Gasteiger partial charge in [0.1, 0.15) is 17.8 Å². The summed E-state index contributed by atoms with van der Waals surface area (Å²) in [6, 6.07) is -0.496. The zero-order valence-corrected chi connectivity index (χ0v) is 19.0. The molecular weight excluding hydrogens is 468 g/mol. The van der Waals surface area contributed by atoms with Gasteiger partial charge in [0, 0.05) is 0 Å². The number of nitrogens with two attached hydrogens (primary N) is 1. The topological polar surface area (TPSA) is 249 Å². The van der Waals surface area contributed by atoms with Gasteiger partial charge in [-0.1, -0.05) is 12.1 Å². The lowest BCUT2D eigenvalue weighted by atomic mass is 10.0. The van der Waals surface area contributed by atoms with Gasteiger partial charge in [-0.25, -0.2) is 4.79 Å². The third-order valence-corrected chi connectivity index (χ3v) is 4.85. The van der Waals surface area contributed by atoms with E-state index >= 15 is 0 Å². The minimum atomic E-state index is -1.79. The van der Waals surface area contributed by atoms with E-state index in [0.717, 1.165) is 13.8 Å². The predicted octanol–water partition coefficient (Wildman–Crippen LogP) is -2.96. The molecule has 0 saturated heterocycles. The molecule has 0 saturated carbocycles. The minimum Gasteiger partial charge on any atom is -0.508 e. The third kappa shape index (κ3) is 9.56. The van der Waals surface area contributed by atoms with Crippen molar-refractivity contribution in [1.82, 2.24) is 16.0 Å².